The van der Waals surface area contributed by atoms with Crippen LogP contribution in [-0.4, -0.2) is 47.0 Å². The van der Waals surface area contributed by atoms with Gasteiger partial charge in [0.2, 0.25) is 16.9 Å². The van der Waals surface area contributed by atoms with Gasteiger partial charge < -0.3 is 14.8 Å². The topological polar surface area (TPSA) is 93.7 Å². The number of ether oxygens (including phenoxy) is 2. The normalized spacial score (nSPS) is 16.1. The van der Waals surface area contributed by atoms with Crippen LogP contribution in [0.2, 0.25) is 0 Å². The van der Waals surface area contributed by atoms with E-state index in [1.165, 1.54) is 23.1 Å². The van der Waals surface area contributed by atoms with Crippen molar-refractivity contribution in [3.05, 3.63) is 23.8 Å². The third-order valence-corrected chi connectivity index (χ3v) is 6.91. The average Bonchev–Trinajstić information content (AvgIpc) is 3.48. The van der Waals surface area contributed by atoms with Crippen molar-refractivity contribution >= 4 is 40.0 Å². The van der Waals surface area contributed by atoms with Gasteiger partial charge in [0, 0.05) is 12.5 Å². The number of carbonyl (C=O) groups is 2. The zero-order chi connectivity index (χ0) is 21.1. The first-order valence-corrected chi connectivity index (χ1v) is 11.8. The van der Waals surface area contributed by atoms with E-state index in [4.69, 9.17) is 9.47 Å². The molecule has 30 heavy (non-hydrogen) atoms. The van der Waals surface area contributed by atoms with Gasteiger partial charge in [0.1, 0.15) is 13.2 Å². The minimum absolute atomic E-state index is 0.0659. The molecule has 2 aromatic rings. The lowest BCUT2D eigenvalue weighted by Gasteiger charge is -2.21. The lowest BCUT2D eigenvalue weighted by atomic mass is 10.1. The maximum atomic E-state index is 12.4. The summed E-state index contributed by atoms with van der Waals surface area (Å²) in [6.07, 6.45) is 2.46. The summed E-state index contributed by atoms with van der Waals surface area (Å²) in [6.45, 7) is 4.86. The highest BCUT2D eigenvalue weighted by Gasteiger charge is 2.35. The standard InChI is InChI=1S/C20H24N4O4S2/c1-3-18(26)24(14-5-6-14)19-22-23-20(30-19)29-11-17(25)21-12(2)13-4-7-15-16(10-13)28-9-8-27-15/h4,7,10,12,14H,3,5-6,8-9,11H2,1-2H3,(H,21,25). The summed E-state index contributed by atoms with van der Waals surface area (Å²) in [5.41, 5.74) is 0.953. The Balaban J connectivity index is 1.31. The summed E-state index contributed by atoms with van der Waals surface area (Å²) >= 11 is 2.69. The molecule has 1 unspecified atom stereocenters. The number of hydrogen-bond donors (Lipinski definition) is 1. The fourth-order valence-electron chi connectivity index (χ4n) is 3.15. The molecule has 0 radical (unpaired) electrons. The quantitative estimate of drug-likeness (QED) is 0.490. The summed E-state index contributed by atoms with van der Waals surface area (Å²) in [7, 11) is 0. The molecule has 2 heterocycles. The Labute approximate surface area is 183 Å². The van der Waals surface area contributed by atoms with Crippen molar-refractivity contribution in [3.63, 3.8) is 0 Å². The smallest absolute Gasteiger partial charge is 0.230 e. The summed E-state index contributed by atoms with van der Waals surface area (Å²) < 4.78 is 11.8. The van der Waals surface area contributed by atoms with Crippen LogP contribution in [0.3, 0.4) is 0 Å². The highest BCUT2D eigenvalue weighted by molar-refractivity contribution is 8.01. The van der Waals surface area contributed by atoms with Crippen LogP contribution in [0.5, 0.6) is 11.5 Å². The van der Waals surface area contributed by atoms with E-state index in [9.17, 15) is 9.59 Å². The molecule has 4 rings (SSSR count). The Bertz CT molecular complexity index is 931. The molecule has 0 bridgehead atoms. The maximum absolute atomic E-state index is 12.4. The van der Waals surface area contributed by atoms with Gasteiger partial charge in [0.25, 0.3) is 0 Å². The monoisotopic (exact) mass is 448 g/mol. The fraction of sp³-hybridized carbons (Fsp3) is 0.500. The Morgan fingerprint density at radius 3 is 2.77 bits per heavy atom. The zero-order valence-corrected chi connectivity index (χ0v) is 18.6. The SMILES string of the molecule is CCC(=O)N(c1nnc(SCC(=O)NC(C)c2ccc3c(c2)OCCO3)s1)C1CC1. The number of anilines is 1. The third kappa shape index (κ3) is 4.86. The third-order valence-electron chi connectivity index (χ3n) is 4.86. The molecule has 2 amide bonds. The van der Waals surface area contributed by atoms with E-state index in [1.807, 2.05) is 32.0 Å². The van der Waals surface area contributed by atoms with Crippen LogP contribution in [0.25, 0.3) is 0 Å². The van der Waals surface area contributed by atoms with Crippen LogP contribution < -0.4 is 19.7 Å². The summed E-state index contributed by atoms with van der Waals surface area (Å²) in [5.74, 6) is 1.64. The second-order valence-corrected chi connectivity index (χ2v) is 9.36. The molecule has 1 fully saturated rings. The van der Waals surface area contributed by atoms with Crippen LogP contribution in [0.4, 0.5) is 5.13 Å². The number of aromatic nitrogens is 2. The second kappa shape index (κ2) is 9.22. The summed E-state index contributed by atoms with van der Waals surface area (Å²) in [4.78, 5) is 26.4. The predicted molar refractivity (Wildman–Crippen MR) is 115 cm³/mol. The van der Waals surface area contributed by atoms with E-state index < -0.39 is 0 Å². The van der Waals surface area contributed by atoms with Gasteiger partial charge in [-0.3, -0.25) is 14.5 Å². The van der Waals surface area contributed by atoms with E-state index in [0.29, 0.717) is 34.9 Å². The molecule has 0 spiro atoms. The van der Waals surface area contributed by atoms with Crippen molar-refractivity contribution in [3.8, 4) is 11.5 Å². The van der Waals surface area contributed by atoms with Gasteiger partial charge in [-0.1, -0.05) is 36.1 Å². The first-order valence-electron chi connectivity index (χ1n) is 10.0. The van der Waals surface area contributed by atoms with Gasteiger partial charge in [0.05, 0.1) is 11.8 Å². The molecule has 1 atom stereocenters. The predicted octanol–water partition coefficient (Wildman–Crippen LogP) is 3.18. The summed E-state index contributed by atoms with van der Waals surface area (Å²) in [6, 6.07) is 5.79. The first kappa shape index (κ1) is 20.9. The lowest BCUT2D eigenvalue weighted by Crippen LogP contribution is -2.32. The molecule has 8 nitrogen and oxygen atoms in total. The van der Waals surface area contributed by atoms with Crippen molar-refractivity contribution in [2.75, 3.05) is 23.9 Å². The minimum Gasteiger partial charge on any atom is -0.486 e. The van der Waals surface area contributed by atoms with Crippen LogP contribution in [-0.2, 0) is 9.59 Å². The van der Waals surface area contributed by atoms with E-state index in [1.54, 1.807) is 4.90 Å². The van der Waals surface area contributed by atoms with Crippen LogP contribution in [0, 0.1) is 0 Å². The van der Waals surface area contributed by atoms with Crippen molar-refractivity contribution < 1.29 is 19.1 Å². The van der Waals surface area contributed by atoms with Crippen LogP contribution in [0.1, 0.15) is 44.7 Å². The van der Waals surface area contributed by atoms with Crippen LogP contribution in [0.15, 0.2) is 22.5 Å². The number of carbonyl (C=O) groups excluding carboxylic acids is 2. The number of benzene rings is 1. The molecule has 2 aliphatic rings. The van der Waals surface area contributed by atoms with E-state index in [2.05, 4.69) is 15.5 Å². The largest absolute Gasteiger partial charge is 0.486 e. The number of hydrogen-bond acceptors (Lipinski definition) is 8. The van der Waals surface area contributed by atoms with E-state index >= 15 is 0 Å². The Kier molecular flexibility index (Phi) is 6.43. The number of nitrogens with zero attached hydrogens (tertiary/aromatic N) is 3. The maximum Gasteiger partial charge on any atom is 0.230 e. The molecule has 1 aromatic carbocycles. The Morgan fingerprint density at radius 1 is 1.27 bits per heavy atom. The lowest BCUT2D eigenvalue weighted by molar-refractivity contribution is -0.119. The molecule has 160 valence electrons. The number of nitrogens with one attached hydrogen (secondary N) is 1. The molecule has 1 saturated carbocycles. The van der Waals surface area contributed by atoms with Crippen LogP contribution >= 0.6 is 23.1 Å². The molecule has 1 aromatic heterocycles. The fourth-order valence-corrected chi connectivity index (χ4v) is 4.89. The number of rotatable bonds is 8. The summed E-state index contributed by atoms with van der Waals surface area (Å²) in [5, 5.41) is 11.9. The average molecular weight is 449 g/mol. The van der Waals surface area contributed by atoms with Gasteiger partial charge in [0.15, 0.2) is 15.8 Å². The molecular formula is C20H24N4O4S2. The van der Waals surface area contributed by atoms with E-state index in [0.717, 1.165) is 24.2 Å². The molecule has 1 N–H and O–H groups in total. The molecule has 1 aliphatic heterocycles. The van der Waals surface area contributed by atoms with Crippen molar-refractivity contribution in [1.29, 1.82) is 0 Å². The number of amides is 2. The molecule has 0 saturated heterocycles. The van der Waals surface area contributed by atoms with Gasteiger partial charge in [-0.2, -0.15) is 0 Å². The first-order chi connectivity index (χ1) is 14.5. The number of fused-ring (bicyclic) bond motifs is 1. The second-order valence-electron chi connectivity index (χ2n) is 7.18. The van der Waals surface area contributed by atoms with Crippen molar-refractivity contribution in [2.45, 2.75) is 49.5 Å². The van der Waals surface area contributed by atoms with Crippen molar-refractivity contribution in [2.24, 2.45) is 0 Å². The van der Waals surface area contributed by atoms with Gasteiger partial charge >= 0.3 is 0 Å². The molecule has 10 heteroatoms. The minimum atomic E-state index is -0.161. The molecular weight excluding hydrogens is 424 g/mol. The number of thioether (sulfide) groups is 1. The Hall–Kier alpha value is -2.33. The van der Waals surface area contributed by atoms with Crippen molar-refractivity contribution in [1.82, 2.24) is 15.5 Å². The highest BCUT2D eigenvalue weighted by atomic mass is 32.2. The molecule has 1 aliphatic carbocycles. The Morgan fingerprint density at radius 2 is 2.03 bits per heavy atom. The van der Waals surface area contributed by atoms with Gasteiger partial charge in [-0.15, -0.1) is 10.2 Å². The van der Waals surface area contributed by atoms with Gasteiger partial charge in [-0.25, -0.2) is 0 Å². The highest BCUT2D eigenvalue weighted by Crippen LogP contribution is 2.36. The van der Waals surface area contributed by atoms with E-state index in [-0.39, 0.29) is 29.7 Å². The van der Waals surface area contributed by atoms with Gasteiger partial charge in [-0.05, 0) is 37.5 Å². The zero-order valence-electron chi connectivity index (χ0n) is 16.9.